The summed E-state index contributed by atoms with van der Waals surface area (Å²) < 4.78 is 5.49. The number of aromatic nitrogens is 1. The number of hydrogen-bond donors (Lipinski definition) is 2. The van der Waals surface area contributed by atoms with Crippen molar-refractivity contribution in [2.45, 2.75) is 13.3 Å². The van der Waals surface area contributed by atoms with Crippen molar-refractivity contribution in [1.29, 1.82) is 0 Å². The van der Waals surface area contributed by atoms with Gasteiger partial charge in [-0.1, -0.05) is 18.5 Å². The maximum absolute atomic E-state index is 11.0. The zero-order valence-corrected chi connectivity index (χ0v) is 12.2. The number of aromatic carboxylic acids is 1. The van der Waals surface area contributed by atoms with Crippen LogP contribution in [0.2, 0.25) is 5.02 Å². The van der Waals surface area contributed by atoms with Crippen LogP contribution in [0, 0.1) is 0 Å². The number of benzene rings is 1. The number of carbonyl (C=O) groups is 1. The molecule has 0 fully saturated rings. The van der Waals surface area contributed by atoms with Crippen molar-refractivity contribution < 1.29 is 14.6 Å². The lowest BCUT2D eigenvalue weighted by atomic mass is 10.2. The van der Waals surface area contributed by atoms with E-state index in [1.165, 1.54) is 12.3 Å². The molecule has 0 amide bonds. The molecule has 0 saturated carbocycles. The van der Waals surface area contributed by atoms with Crippen LogP contribution in [0.3, 0.4) is 0 Å². The molecule has 1 aromatic carbocycles. The lowest BCUT2D eigenvalue weighted by Crippen LogP contribution is -2.01. The predicted molar refractivity (Wildman–Crippen MR) is 81.7 cm³/mol. The first-order valence-corrected chi connectivity index (χ1v) is 6.86. The summed E-state index contributed by atoms with van der Waals surface area (Å²) in [5.74, 6) is 0.116. The van der Waals surface area contributed by atoms with Crippen molar-refractivity contribution >= 4 is 29.1 Å². The van der Waals surface area contributed by atoms with E-state index >= 15 is 0 Å². The van der Waals surface area contributed by atoms with Crippen LogP contribution < -0.4 is 10.1 Å². The second kappa shape index (κ2) is 6.95. The minimum absolute atomic E-state index is 0.0112. The second-order valence-corrected chi connectivity index (χ2v) is 4.76. The highest BCUT2D eigenvalue weighted by molar-refractivity contribution is 6.33. The molecule has 1 aromatic heterocycles. The number of nitrogens with zero attached hydrogens (tertiary/aromatic N) is 1. The second-order valence-electron chi connectivity index (χ2n) is 4.35. The van der Waals surface area contributed by atoms with E-state index in [0.29, 0.717) is 12.4 Å². The lowest BCUT2D eigenvalue weighted by molar-refractivity contribution is 0.0697. The van der Waals surface area contributed by atoms with Gasteiger partial charge in [-0.25, -0.2) is 9.78 Å². The number of carboxylic acid groups (broad SMARTS) is 1. The molecule has 2 N–H and O–H groups in total. The third-order valence-corrected chi connectivity index (χ3v) is 2.99. The van der Waals surface area contributed by atoms with Gasteiger partial charge >= 0.3 is 5.97 Å². The van der Waals surface area contributed by atoms with E-state index in [9.17, 15) is 4.79 Å². The molecular formula is C15H15ClN2O3. The molecule has 0 saturated heterocycles. The number of nitrogens with one attached hydrogen (secondary N) is 1. The van der Waals surface area contributed by atoms with Crippen molar-refractivity contribution in [2.24, 2.45) is 0 Å². The van der Waals surface area contributed by atoms with E-state index in [2.05, 4.69) is 10.3 Å². The van der Waals surface area contributed by atoms with Crippen LogP contribution in [0.5, 0.6) is 5.75 Å². The molecule has 110 valence electrons. The summed E-state index contributed by atoms with van der Waals surface area (Å²) in [5, 5.41) is 12.1. The van der Waals surface area contributed by atoms with Gasteiger partial charge in [0.2, 0.25) is 0 Å². The fraction of sp³-hybridized carbons (Fsp3) is 0.200. The summed E-state index contributed by atoms with van der Waals surface area (Å²) >= 11 is 5.78. The molecule has 0 spiro atoms. The van der Waals surface area contributed by atoms with Gasteiger partial charge in [-0.05, 0) is 36.8 Å². The van der Waals surface area contributed by atoms with Crippen molar-refractivity contribution in [3.8, 4) is 5.75 Å². The zero-order valence-electron chi connectivity index (χ0n) is 11.5. The Balaban J connectivity index is 2.11. The van der Waals surface area contributed by atoms with Gasteiger partial charge in [0.05, 0.1) is 17.2 Å². The molecule has 0 unspecified atom stereocenters. The molecule has 2 aromatic rings. The van der Waals surface area contributed by atoms with Gasteiger partial charge in [0.1, 0.15) is 11.6 Å². The normalized spacial score (nSPS) is 10.2. The van der Waals surface area contributed by atoms with Crippen LogP contribution in [0.25, 0.3) is 0 Å². The number of anilines is 2. The van der Waals surface area contributed by atoms with Gasteiger partial charge in [-0.3, -0.25) is 0 Å². The van der Waals surface area contributed by atoms with Crippen molar-refractivity contribution in [2.75, 3.05) is 11.9 Å². The van der Waals surface area contributed by atoms with Gasteiger partial charge in [0.25, 0.3) is 0 Å². The summed E-state index contributed by atoms with van der Waals surface area (Å²) in [4.78, 5) is 15.1. The largest absolute Gasteiger partial charge is 0.494 e. The number of carboxylic acids is 1. The number of rotatable bonds is 6. The first-order chi connectivity index (χ1) is 10.1. The van der Waals surface area contributed by atoms with Gasteiger partial charge in [-0.15, -0.1) is 0 Å². The fourth-order valence-corrected chi connectivity index (χ4v) is 1.86. The van der Waals surface area contributed by atoms with Crippen molar-refractivity contribution in [1.82, 2.24) is 4.98 Å². The highest BCUT2D eigenvalue weighted by atomic mass is 35.5. The minimum Gasteiger partial charge on any atom is -0.494 e. The first-order valence-electron chi connectivity index (χ1n) is 6.49. The standard InChI is InChI=1S/C15H15ClN2O3/c1-2-7-21-11-5-3-10(4-6-11)18-14-8-12(15(19)20)13(16)9-17-14/h3-6,8-9H,2,7H2,1H3,(H,17,18)(H,19,20). The van der Waals surface area contributed by atoms with Crippen LogP contribution in [0.15, 0.2) is 36.5 Å². The maximum Gasteiger partial charge on any atom is 0.337 e. The fourth-order valence-electron chi connectivity index (χ4n) is 1.67. The molecule has 0 bridgehead atoms. The smallest absolute Gasteiger partial charge is 0.337 e. The molecule has 0 atom stereocenters. The van der Waals surface area contributed by atoms with E-state index in [1.54, 1.807) is 0 Å². The van der Waals surface area contributed by atoms with Crippen LogP contribution >= 0.6 is 11.6 Å². The SMILES string of the molecule is CCCOc1ccc(Nc2cc(C(=O)O)c(Cl)cn2)cc1. The van der Waals surface area contributed by atoms with Crippen LogP contribution in [-0.2, 0) is 0 Å². The molecule has 0 aliphatic heterocycles. The monoisotopic (exact) mass is 306 g/mol. The summed E-state index contributed by atoms with van der Waals surface area (Å²) in [5.41, 5.74) is 0.794. The average Bonchev–Trinajstić information content (AvgIpc) is 2.48. The quantitative estimate of drug-likeness (QED) is 0.845. The maximum atomic E-state index is 11.0. The van der Waals surface area contributed by atoms with E-state index in [1.807, 2.05) is 31.2 Å². The molecule has 5 nitrogen and oxygen atoms in total. The van der Waals surface area contributed by atoms with E-state index in [0.717, 1.165) is 17.9 Å². The number of hydrogen-bond acceptors (Lipinski definition) is 4. The number of ether oxygens (including phenoxy) is 1. The Kier molecular flexibility index (Phi) is 5.00. The highest BCUT2D eigenvalue weighted by Gasteiger charge is 2.10. The Labute approximate surface area is 127 Å². The molecular weight excluding hydrogens is 292 g/mol. The van der Waals surface area contributed by atoms with E-state index in [-0.39, 0.29) is 10.6 Å². The minimum atomic E-state index is -1.09. The Morgan fingerprint density at radius 2 is 2.10 bits per heavy atom. The summed E-state index contributed by atoms with van der Waals surface area (Å²) in [6.45, 7) is 2.72. The lowest BCUT2D eigenvalue weighted by Gasteiger charge is -2.09. The number of halogens is 1. The van der Waals surface area contributed by atoms with Crippen LogP contribution in [-0.4, -0.2) is 22.7 Å². The molecule has 6 heteroatoms. The van der Waals surface area contributed by atoms with E-state index in [4.69, 9.17) is 21.4 Å². The Hall–Kier alpha value is -2.27. The van der Waals surface area contributed by atoms with Gasteiger partial charge in [0, 0.05) is 11.9 Å². The van der Waals surface area contributed by atoms with Crippen molar-refractivity contribution in [3.63, 3.8) is 0 Å². The third-order valence-electron chi connectivity index (χ3n) is 2.69. The summed E-state index contributed by atoms with van der Waals surface area (Å²) in [6.07, 6.45) is 2.26. The average molecular weight is 307 g/mol. The topological polar surface area (TPSA) is 71.5 Å². The van der Waals surface area contributed by atoms with Gasteiger partial charge in [-0.2, -0.15) is 0 Å². The molecule has 0 radical (unpaired) electrons. The van der Waals surface area contributed by atoms with Crippen LogP contribution in [0.1, 0.15) is 23.7 Å². The Morgan fingerprint density at radius 3 is 2.71 bits per heavy atom. The first kappa shape index (κ1) is 15.1. The third kappa shape index (κ3) is 4.10. The van der Waals surface area contributed by atoms with E-state index < -0.39 is 5.97 Å². The Bertz CT molecular complexity index is 629. The Morgan fingerprint density at radius 1 is 1.38 bits per heavy atom. The number of pyridine rings is 1. The summed E-state index contributed by atoms with van der Waals surface area (Å²) in [6, 6.07) is 8.74. The van der Waals surface area contributed by atoms with Crippen LogP contribution in [0.4, 0.5) is 11.5 Å². The van der Waals surface area contributed by atoms with Crippen molar-refractivity contribution in [3.05, 3.63) is 47.1 Å². The molecule has 2 rings (SSSR count). The molecule has 0 aliphatic carbocycles. The summed E-state index contributed by atoms with van der Waals surface area (Å²) in [7, 11) is 0. The molecule has 1 heterocycles. The molecule has 0 aliphatic rings. The zero-order chi connectivity index (χ0) is 15.2. The highest BCUT2D eigenvalue weighted by Crippen LogP contribution is 2.22. The predicted octanol–water partition coefficient (Wildman–Crippen LogP) is 3.97. The molecule has 21 heavy (non-hydrogen) atoms. The van der Waals surface area contributed by atoms with Gasteiger partial charge in [0.15, 0.2) is 0 Å². The van der Waals surface area contributed by atoms with Gasteiger partial charge < -0.3 is 15.2 Å².